The molecular formula is C17H11F3N2O2. The number of hydrogen-bond acceptors (Lipinski definition) is 2. The lowest BCUT2D eigenvalue weighted by Crippen LogP contribution is -2.30. The number of rotatable bonds is 2. The number of para-hydroxylation sites is 1. The van der Waals surface area contributed by atoms with Crippen LogP contribution in [0, 0.1) is 0 Å². The molecule has 0 atom stereocenters. The summed E-state index contributed by atoms with van der Waals surface area (Å²) in [5.74, 6) is -0.622. The molecule has 4 nitrogen and oxygen atoms in total. The van der Waals surface area contributed by atoms with Crippen LogP contribution >= 0.6 is 0 Å². The first-order chi connectivity index (χ1) is 11.4. The van der Waals surface area contributed by atoms with Gasteiger partial charge < -0.3 is 5.32 Å². The number of benzene rings is 2. The van der Waals surface area contributed by atoms with Gasteiger partial charge in [-0.3, -0.25) is 4.79 Å². The molecule has 1 aliphatic heterocycles. The summed E-state index contributed by atoms with van der Waals surface area (Å²) in [5, 5.41) is 2.38. The van der Waals surface area contributed by atoms with Gasteiger partial charge in [-0.2, -0.15) is 13.2 Å². The first kappa shape index (κ1) is 15.8. The number of halogens is 3. The van der Waals surface area contributed by atoms with Crippen LogP contribution in [-0.4, -0.2) is 11.9 Å². The van der Waals surface area contributed by atoms with Crippen molar-refractivity contribution in [1.82, 2.24) is 5.32 Å². The van der Waals surface area contributed by atoms with Crippen LogP contribution in [0.4, 0.5) is 23.7 Å². The van der Waals surface area contributed by atoms with Crippen LogP contribution in [0.25, 0.3) is 6.08 Å². The van der Waals surface area contributed by atoms with Crippen molar-refractivity contribution in [3.63, 3.8) is 0 Å². The highest BCUT2D eigenvalue weighted by Crippen LogP contribution is 2.30. The largest absolute Gasteiger partial charge is 0.416 e. The van der Waals surface area contributed by atoms with Gasteiger partial charge in [0.05, 0.1) is 11.3 Å². The Balaban J connectivity index is 1.93. The third kappa shape index (κ3) is 3.01. The molecular weight excluding hydrogens is 321 g/mol. The summed E-state index contributed by atoms with van der Waals surface area (Å²) >= 11 is 0. The Morgan fingerprint density at radius 3 is 2.33 bits per heavy atom. The second-order valence-corrected chi connectivity index (χ2v) is 5.09. The van der Waals surface area contributed by atoms with Crippen LogP contribution in [-0.2, 0) is 11.0 Å². The van der Waals surface area contributed by atoms with Crippen LogP contribution < -0.4 is 10.2 Å². The fraction of sp³-hybridized carbons (Fsp3) is 0.0588. The van der Waals surface area contributed by atoms with Gasteiger partial charge in [-0.15, -0.1) is 0 Å². The standard InChI is InChI=1S/C17H11F3N2O2/c18-17(19,20)12-6-4-5-11(9-12)10-14-15(23)22(16(24)21-14)13-7-2-1-3-8-13/h1-10H,(H,21,24)/b14-10+. The molecule has 0 aromatic heterocycles. The molecule has 0 saturated carbocycles. The van der Waals surface area contributed by atoms with Gasteiger partial charge in [-0.05, 0) is 35.9 Å². The van der Waals surface area contributed by atoms with E-state index in [1.165, 1.54) is 18.2 Å². The summed E-state index contributed by atoms with van der Waals surface area (Å²) in [6.45, 7) is 0. The summed E-state index contributed by atoms with van der Waals surface area (Å²) in [7, 11) is 0. The number of nitrogens with zero attached hydrogens (tertiary/aromatic N) is 1. The maximum Gasteiger partial charge on any atom is 0.416 e. The van der Waals surface area contributed by atoms with Crippen molar-refractivity contribution in [2.75, 3.05) is 4.90 Å². The lowest BCUT2D eigenvalue weighted by Gasteiger charge is -2.10. The van der Waals surface area contributed by atoms with E-state index in [0.29, 0.717) is 5.69 Å². The van der Waals surface area contributed by atoms with Gasteiger partial charge in [0.2, 0.25) is 0 Å². The molecule has 0 aliphatic carbocycles. The monoisotopic (exact) mass is 332 g/mol. The highest BCUT2D eigenvalue weighted by molar-refractivity contribution is 6.28. The molecule has 24 heavy (non-hydrogen) atoms. The van der Waals surface area contributed by atoms with Crippen molar-refractivity contribution in [1.29, 1.82) is 0 Å². The minimum atomic E-state index is -4.48. The molecule has 1 aliphatic rings. The molecule has 3 amide bonds. The number of imide groups is 1. The summed E-state index contributed by atoms with van der Waals surface area (Å²) in [6.07, 6.45) is -3.26. The van der Waals surface area contributed by atoms with Crippen LogP contribution in [0.1, 0.15) is 11.1 Å². The van der Waals surface area contributed by atoms with Crippen LogP contribution in [0.5, 0.6) is 0 Å². The van der Waals surface area contributed by atoms with Crippen molar-refractivity contribution >= 4 is 23.7 Å². The Kier molecular flexibility index (Phi) is 3.84. The minimum absolute atomic E-state index is 0.0804. The van der Waals surface area contributed by atoms with E-state index in [1.54, 1.807) is 30.3 Å². The Morgan fingerprint density at radius 2 is 1.67 bits per heavy atom. The zero-order valence-electron chi connectivity index (χ0n) is 12.2. The SMILES string of the molecule is O=C1N/C(=C/c2cccc(C(F)(F)F)c2)C(=O)N1c1ccccc1. The van der Waals surface area contributed by atoms with Crippen molar-refractivity contribution in [2.45, 2.75) is 6.18 Å². The Bertz CT molecular complexity index is 829. The summed E-state index contributed by atoms with van der Waals surface area (Å²) in [4.78, 5) is 25.3. The molecule has 1 saturated heterocycles. The van der Waals surface area contributed by atoms with E-state index in [1.807, 2.05) is 0 Å². The van der Waals surface area contributed by atoms with Gasteiger partial charge in [0, 0.05) is 0 Å². The van der Waals surface area contributed by atoms with E-state index >= 15 is 0 Å². The van der Waals surface area contributed by atoms with E-state index in [4.69, 9.17) is 0 Å². The molecule has 1 heterocycles. The second kappa shape index (κ2) is 5.84. The van der Waals surface area contributed by atoms with Crippen molar-refractivity contribution < 1.29 is 22.8 Å². The van der Waals surface area contributed by atoms with Gasteiger partial charge in [0.25, 0.3) is 5.91 Å². The van der Waals surface area contributed by atoms with Crippen LogP contribution in [0.2, 0.25) is 0 Å². The number of nitrogens with one attached hydrogen (secondary N) is 1. The maximum absolute atomic E-state index is 12.7. The average Bonchev–Trinajstić information content (AvgIpc) is 2.82. The van der Waals surface area contributed by atoms with Gasteiger partial charge >= 0.3 is 12.2 Å². The minimum Gasteiger partial charge on any atom is -0.302 e. The van der Waals surface area contributed by atoms with E-state index in [9.17, 15) is 22.8 Å². The van der Waals surface area contributed by atoms with Crippen LogP contribution in [0.15, 0.2) is 60.3 Å². The third-order valence-corrected chi connectivity index (χ3v) is 3.42. The number of hydrogen-bond donors (Lipinski definition) is 1. The normalized spacial score (nSPS) is 16.6. The van der Waals surface area contributed by atoms with Crippen molar-refractivity contribution in [3.05, 3.63) is 71.4 Å². The van der Waals surface area contributed by atoms with Gasteiger partial charge in [-0.25, -0.2) is 9.69 Å². The third-order valence-electron chi connectivity index (χ3n) is 3.42. The summed E-state index contributed by atoms with van der Waals surface area (Å²) in [5.41, 5.74) is -0.354. The van der Waals surface area contributed by atoms with Crippen LogP contribution in [0.3, 0.4) is 0 Å². The number of carbonyl (C=O) groups excluding carboxylic acids is 2. The molecule has 1 fully saturated rings. The summed E-state index contributed by atoms with van der Waals surface area (Å²) in [6, 6.07) is 12.1. The predicted molar refractivity (Wildman–Crippen MR) is 81.9 cm³/mol. The molecule has 2 aromatic rings. The van der Waals surface area contributed by atoms with E-state index in [2.05, 4.69) is 5.32 Å². The molecule has 0 radical (unpaired) electrons. The molecule has 2 aromatic carbocycles. The molecule has 3 rings (SSSR count). The second-order valence-electron chi connectivity index (χ2n) is 5.09. The lowest BCUT2D eigenvalue weighted by molar-refractivity contribution is -0.137. The van der Waals surface area contributed by atoms with Gasteiger partial charge in [0.15, 0.2) is 0 Å². The number of anilines is 1. The Labute approximate surface area is 135 Å². The van der Waals surface area contributed by atoms with E-state index < -0.39 is 23.7 Å². The topological polar surface area (TPSA) is 49.4 Å². The fourth-order valence-electron chi connectivity index (χ4n) is 2.32. The molecule has 0 unspecified atom stereocenters. The number of carbonyl (C=O) groups is 2. The predicted octanol–water partition coefficient (Wildman–Crippen LogP) is 3.80. The molecule has 0 bridgehead atoms. The smallest absolute Gasteiger partial charge is 0.302 e. The van der Waals surface area contributed by atoms with Crippen molar-refractivity contribution in [3.8, 4) is 0 Å². The maximum atomic E-state index is 12.7. The van der Waals surface area contributed by atoms with E-state index in [-0.39, 0.29) is 11.3 Å². The van der Waals surface area contributed by atoms with Gasteiger partial charge in [0.1, 0.15) is 5.70 Å². The van der Waals surface area contributed by atoms with Gasteiger partial charge in [-0.1, -0.05) is 30.3 Å². The number of amides is 3. The zero-order chi connectivity index (χ0) is 17.3. The average molecular weight is 332 g/mol. The highest BCUT2D eigenvalue weighted by atomic mass is 19.4. The molecule has 122 valence electrons. The quantitative estimate of drug-likeness (QED) is 0.672. The molecule has 1 N–H and O–H groups in total. The van der Waals surface area contributed by atoms with Crippen molar-refractivity contribution in [2.24, 2.45) is 0 Å². The molecule has 7 heteroatoms. The number of urea groups is 1. The first-order valence-electron chi connectivity index (χ1n) is 6.96. The lowest BCUT2D eigenvalue weighted by atomic mass is 10.1. The summed E-state index contributed by atoms with van der Waals surface area (Å²) < 4.78 is 38.2. The number of alkyl halides is 3. The first-order valence-corrected chi connectivity index (χ1v) is 6.96. The fourth-order valence-corrected chi connectivity index (χ4v) is 2.32. The molecule has 0 spiro atoms. The highest BCUT2D eigenvalue weighted by Gasteiger charge is 2.35. The Hall–Kier alpha value is -3.09. The zero-order valence-corrected chi connectivity index (χ0v) is 12.2. The van der Waals surface area contributed by atoms with E-state index in [0.717, 1.165) is 17.0 Å². The Morgan fingerprint density at radius 1 is 0.958 bits per heavy atom.